The fourth-order valence-corrected chi connectivity index (χ4v) is 1.47. The second-order valence-corrected chi connectivity index (χ2v) is 2.91. The third-order valence-electron chi connectivity index (χ3n) is 1.37. The molecule has 2 N–H and O–H groups in total. The van der Waals surface area contributed by atoms with Gasteiger partial charge < -0.3 is 10.0 Å². The van der Waals surface area contributed by atoms with Crippen molar-refractivity contribution in [3.63, 3.8) is 0 Å². The van der Waals surface area contributed by atoms with E-state index in [2.05, 4.69) is 4.98 Å². The zero-order valence-corrected chi connectivity index (χ0v) is 7.18. The third kappa shape index (κ3) is 1.77. The fourth-order valence-electron chi connectivity index (χ4n) is 0.842. The van der Waals surface area contributed by atoms with Crippen LogP contribution in [0.1, 0.15) is 0 Å². The second kappa shape index (κ2) is 3.89. The van der Waals surface area contributed by atoms with Gasteiger partial charge in [0.25, 0.3) is 0 Å². The van der Waals surface area contributed by atoms with Crippen LogP contribution >= 0.6 is 11.8 Å². The normalized spacial score (nSPS) is 10.0. The largest absolute Gasteiger partial charge is 0.489 e. The van der Waals surface area contributed by atoms with Gasteiger partial charge in [-0.25, -0.2) is 4.98 Å². The highest BCUT2D eigenvalue weighted by molar-refractivity contribution is 7.98. The lowest BCUT2D eigenvalue weighted by Gasteiger charge is -2.05. The summed E-state index contributed by atoms with van der Waals surface area (Å²) in [5.74, 6) is -0.673. The van der Waals surface area contributed by atoms with Crippen LogP contribution in [0, 0.1) is 5.95 Å². The molecule has 0 radical (unpaired) electrons. The topological polar surface area (TPSA) is 53.4 Å². The molecule has 1 rings (SSSR count). The van der Waals surface area contributed by atoms with Crippen LogP contribution in [-0.2, 0) is 0 Å². The zero-order chi connectivity index (χ0) is 9.14. The van der Waals surface area contributed by atoms with Crippen LogP contribution in [-0.4, -0.2) is 28.4 Å². The molecule has 1 heterocycles. The van der Waals surface area contributed by atoms with Gasteiger partial charge in [-0.2, -0.15) is 4.39 Å². The molecular formula is C6H7BFNO2S. The number of pyridine rings is 1. The van der Waals surface area contributed by atoms with Crippen LogP contribution in [0.3, 0.4) is 0 Å². The van der Waals surface area contributed by atoms with Gasteiger partial charge in [-0.15, -0.1) is 11.8 Å². The summed E-state index contributed by atoms with van der Waals surface area (Å²) in [7, 11) is -1.65. The standard InChI is InChI=1S/C6H7BFNO2S/c1-12-5-4(7(10)11)2-3-9-6(5)8/h2-3,10-11H,1H3. The zero-order valence-electron chi connectivity index (χ0n) is 6.36. The number of aromatic nitrogens is 1. The minimum absolute atomic E-state index is 0.148. The third-order valence-corrected chi connectivity index (χ3v) is 2.19. The predicted molar refractivity (Wildman–Crippen MR) is 45.8 cm³/mol. The summed E-state index contributed by atoms with van der Waals surface area (Å²) in [5.41, 5.74) is 0.148. The van der Waals surface area contributed by atoms with E-state index in [1.807, 2.05) is 0 Å². The predicted octanol–water partition coefficient (Wildman–Crippen LogP) is -0.378. The summed E-state index contributed by atoms with van der Waals surface area (Å²) in [6.45, 7) is 0. The summed E-state index contributed by atoms with van der Waals surface area (Å²) in [4.78, 5) is 3.56. The van der Waals surface area contributed by atoms with Crippen LogP contribution in [0.4, 0.5) is 4.39 Å². The number of hydrogen-bond donors (Lipinski definition) is 2. The molecule has 0 bridgehead atoms. The molecule has 0 aromatic carbocycles. The van der Waals surface area contributed by atoms with Crippen molar-refractivity contribution >= 4 is 24.3 Å². The van der Waals surface area contributed by atoms with Crippen molar-refractivity contribution in [2.75, 3.05) is 6.26 Å². The van der Waals surface area contributed by atoms with E-state index in [-0.39, 0.29) is 10.4 Å². The maximum atomic E-state index is 12.9. The summed E-state index contributed by atoms with van der Waals surface area (Å²) >= 11 is 1.09. The lowest BCUT2D eigenvalue weighted by molar-refractivity contribution is 0.423. The molecule has 0 aliphatic heterocycles. The molecule has 0 unspecified atom stereocenters. The first-order chi connectivity index (χ1) is 5.66. The highest BCUT2D eigenvalue weighted by Gasteiger charge is 2.18. The van der Waals surface area contributed by atoms with E-state index < -0.39 is 13.1 Å². The monoisotopic (exact) mass is 187 g/mol. The van der Waals surface area contributed by atoms with Crippen molar-refractivity contribution in [2.24, 2.45) is 0 Å². The van der Waals surface area contributed by atoms with Gasteiger partial charge in [-0.05, 0) is 12.3 Å². The van der Waals surface area contributed by atoms with Gasteiger partial charge in [-0.3, -0.25) is 0 Å². The van der Waals surface area contributed by atoms with Gasteiger partial charge in [0.15, 0.2) is 0 Å². The van der Waals surface area contributed by atoms with Gasteiger partial charge in [-0.1, -0.05) is 0 Å². The lowest BCUT2D eigenvalue weighted by atomic mass is 9.81. The van der Waals surface area contributed by atoms with E-state index in [1.165, 1.54) is 12.3 Å². The molecule has 0 aliphatic carbocycles. The summed E-state index contributed by atoms with van der Waals surface area (Å²) in [6.07, 6.45) is 2.84. The fraction of sp³-hybridized carbons (Fsp3) is 0.167. The average molecular weight is 187 g/mol. The summed E-state index contributed by atoms with van der Waals surface area (Å²) in [6, 6.07) is 1.37. The molecule has 0 fully saturated rings. The molecule has 0 amide bonds. The van der Waals surface area contributed by atoms with Gasteiger partial charge in [0.2, 0.25) is 5.95 Å². The Morgan fingerprint density at radius 1 is 1.58 bits per heavy atom. The maximum Gasteiger partial charge on any atom is 0.489 e. The number of halogens is 1. The summed E-state index contributed by atoms with van der Waals surface area (Å²) < 4.78 is 12.9. The molecule has 0 aliphatic rings. The van der Waals surface area contributed by atoms with Gasteiger partial charge in [0.1, 0.15) is 0 Å². The minimum atomic E-state index is -1.65. The molecule has 1 aromatic heterocycles. The Hall–Kier alpha value is -0.585. The molecule has 0 atom stereocenters. The molecule has 3 nitrogen and oxygen atoms in total. The Morgan fingerprint density at radius 2 is 2.25 bits per heavy atom. The maximum absolute atomic E-state index is 12.9. The Balaban J connectivity index is 3.18. The molecule has 1 aromatic rings. The van der Waals surface area contributed by atoms with Crippen molar-refractivity contribution < 1.29 is 14.4 Å². The Labute approximate surface area is 73.8 Å². The first-order valence-electron chi connectivity index (χ1n) is 3.21. The lowest BCUT2D eigenvalue weighted by Crippen LogP contribution is -2.32. The van der Waals surface area contributed by atoms with E-state index in [4.69, 9.17) is 10.0 Å². The average Bonchev–Trinajstić information content (AvgIpc) is 2.03. The van der Waals surface area contributed by atoms with E-state index in [0.717, 1.165) is 11.8 Å². The number of nitrogens with zero attached hydrogens (tertiary/aromatic N) is 1. The molecule has 64 valence electrons. The van der Waals surface area contributed by atoms with Crippen molar-refractivity contribution in [3.05, 3.63) is 18.2 Å². The van der Waals surface area contributed by atoms with Crippen LogP contribution in [0.25, 0.3) is 0 Å². The highest BCUT2D eigenvalue weighted by Crippen LogP contribution is 2.14. The summed E-state index contributed by atoms with van der Waals surface area (Å²) in [5, 5.41) is 17.6. The number of rotatable bonds is 2. The molecule has 0 saturated heterocycles. The molecular weight excluding hydrogens is 180 g/mol. The first-order valence-corrected chi connectivity index (χ1v) is 4.43. The minimum Gasteiger partial charge on any atom is -0.423 e. The van der Waals surface area contributed by atoms with Crippen molar-refractivity contribution in [3.8, 4) is 0 Å². The van der Waals surface area contributed by atoms with Gasteiger partial charge >= 0.3 is 7.12 Å². The van der Waals surface area contributed by atoms with Crippen LogP contribution in [0.5, 0.6) is 0 Å². The Kier molecular flexibility index (Phi) is 3.08. The van der Waals surface area contributed by atoms with Crippen molar-refractivity contribution in [2.45, 2.75) is 4.90 Å². The highest BCUT2D eigenvalue weighted by atomic mass is 32.2. The molecule has 0 saturated carbocycles. The Morgan fingerprint density at radius 3 is 2.67 bits per heavy atom. The molecule has 0 spiro atoms. The van der Waals surface area contributed by atoms with Crippen molar-refractivity contribution in [1.29, 1.82) is 0 Å². The SMILES string of the molecule is CSc1c(B(O)O)ccnc1F. The smallest absolute Gasteiger partial charge is 0.423 e. The number of thioether (sulfide) groups is 1. The number of hydrogen-bond acceptors (Lipinski definition) is 4. The van der Waals surface area contributed by atoms with Crippen molar-refractivity contribution in [1.82, 2.24) is 4.98 Å². The van der Waals surface area contributed by atoms with Crippen LogP contribution in [0.2, 0.25) is 0 Å². The quantitative estimate of drug-likeness (QED) is 0.376. The molecule has 12 heavy (non-hydrogen) atoms. The molecule has 6 heteroatoms. The van der Waals surface area contributed by atoms with E-state index in [9.17, 15) is 4.39 Å². The Bertz CT molecular complexity index is 284. The van der Waals surface area contributed by atoms with Gasteiger partial charge in [0.05, 0.1) is 4.90 Å². The first kappa shape index (κ1) is 9.50. The van der Waals surface area contributed by atoms with Crippen LogP contribution in [0.15, 0.2) is 17.2 Å². The van der Waals surface area contributed by atoms with Gasteiger partial charge in [0, 0.05) is 11.7 Å². The second-order valence-electron chi connectivity index (χ2n) is 2.10. The van der Waals surface area contributed by atoms with E-state index in [1.54, 1.807) is 6.26 Å². The van der Waals surface area contributed by atoms with E-state index >= 15 is 0 Å². The van der Waals surface area contributed by atoms with E-state index in [0.29, 0.717) is 0 Å². The van der Waals surface area contributed by atoms with Crippen LogP contribution < -0.4 is 5.46 Å².